The van der Waals surface area contributed by atoms with E-state index in [2.05, 4.69) is 50.4 Å². The molecule has 2 heteroatoms. The van der Waals surface area contributed by atoms with Gasteiger partial charge in [0.15, 0.2) is 0 Å². The van der Waals surface area contributed by atoms with Gasteiger partial charge in [-0.1, -0.05) is 43.7 Å². The quantitative estimate of drug-likeness (QED) is 0.860. The smallest absolute Gasteiger partial charge is 0.0619 e. The fraction of sp³-hybridized carbons (Fsp3) is 0.625. The molecule has 1 aliphatic rings. The Kier molecular flexibility index (Phi) is 4.79. The Morgan fingerprint density at radius 2 is 2.00 bits per heavy atom. The summed E-state index contributed by atoms with van der Waals surface area (Å²) in [6.07, 6.45) is 2.69. The largest absolute Gasteiger partial charge is 0.378 e. The van der Waals surface area contributed by atoms with Crippen molar-refractivity contribution in [3.63, 3.8) is 0 Å². The summed E-state index contributed by atoms with van der Waals surface area (Å²) in [5, 5.41) is 3.64. The average Bonchev–Trinajstić information content (AvgIpc) is 2.85. The zero-order valence-electron chi connectivity index (χ0n) is 11.8. The molecule has 3 atom stereocenters. The summed E-state index contributed by atoms with van der Waals surface area (Å²) in [6, 6.07) is 9.36. The minimum atomic E-state index is 0.412. The maximum absolute atomic E-state index is 5.85. The van der Waals surface area contributed by atoms with Crippen LogP contribution in [0.15, 0.2) is 24.3 Å². The molecule has 0 bridgehead atoms. The van der Waals surface area contributed by atoms with Crippen LogP contribution in [0.2, 0.25) is 0 Å². The Morgan fingerprint density at radius 1 is 1.28 bits per heavy atom. The SMILES string of the molecule is CCNC(c1ccc(C)cc1)C1CCOC1CC. The van der Waals surface area contributed by atoms with Gasteiger partial charge in [0.1, 0.15) is 0 Å². The minimum absolute atomic E-state index is 0.412. The first-order valence-corrected chi connectivity index (χ1v) is 7.17. The van der Waals surface area contributed by atoms with Crippen LogP contribution in [0.3, 0.4) is 0 Å². The Hall–Kier alpha value is -0.860. The Labute approximate surface area is 111 Å². The molecule has 1 aliphatic heterocycles. The van der Waals surface area contributed by atoms with Crippen molar-refractivity contribution in [3.8, 4) is 0 Å². The molecule has 0 amide bonds. The molecule has 1 aromatic carbocycles. The third-order valence-corrected chi connectivity index (χ3v) is 3.95. The molecule has 0 aromatic heterocycles. The second-order valence-electron chi connectivity index (χ2n) is 5.22. The number of rotatable bonds is 5. The van der Waals surface area contributed by atoms with E-state index in [4.69, 9.17) is 4.74 Å². The van der Waals surface area contributed by atoms with Crippen LogP contribution in [0.25, 0.3) is 0 Å². The minimum Gasteiger partial charge on any atom is -0.378 e. The maximum Gasteiger partial charge on any atom is 0.0619 e. The number of aryl methyl sites for hydroxylation is 1. The lowest BCUT2D eigenvalue weighted by atomic mass is 9.86. The number of nitrogens with one attached hydrogen (secondary N) is 1. The predicted molar refractivity (Wildman–Crippen MR) is 75.7 cm³/mol. The van der Waals surface area contributed by atoms with Crippen LogP contribution in [0.4, 0.5) is 0 Å². The average molecular weight is 247 g/mol. The van der Waals surface area contributed by atoms with Gasteiger partial charge < -0.3 is 10.1 Å². The van der Waals surface area contributed by atoms with Gasteiger partial charge in [-0.3, -0.25) is 0 Å². The summed E-state index contributed by atoms with van der Waals surface area (Å²) in [5.74, 6) is 0.609. The molecule has 2 rings (SSSR count). The van der Waals surface area contributed by atoms with Gasteiger partial charge >= 0.3 is 0 Å². The molecule has 1 aromatic rings. The molecule has 3 unspecified atom stereocenters. The van der Waals surface area contributed by atoms with Crippen LogP contribution in [0.1, 0.15) is 43.9 Å². The first-order valence-electron chi connectivity index (χ1n) is 7.17. The van der Waals surface area contributed by atoms with E-state index in [9.17, 15) is 0 Å². The van der Waals surface area contributed by atoms with Crippen molar-refractivity contribution >= 4 is 0 Å². The molecular formula is C16H25NO. The summed E-state index contributed by atoms with van der Waals surface area (Å²) >= 11 is 0. The standard InChI is InChI=1S/C16H25NO/c1-4-15-14(10-11-18-15)16(17-5-2)13-8-6-12(3)7-9-13/h6-9,14-17H,4-5,10-11H2,1-3H3. The molecule has 0 spiro atoms. The number of hydrogen-bond donors (Lipinski definition) is 1. The van der Waals surface area contributed by atoms with Crippen molar-refractivity contribution in [2.45, 2.75) is 45.8 Å². The van der Waals surface area contributed by atoms with Crippen molar-refractivity contribution in [2.24, 2.45) is 5.92 Å². The lowest BCUT2D eigenvalue weighted by molar-refractivity contribution is 0.0776. The fourth-order valence-electron chi connectivity index (χ4n) is 2.98. The molecule has 1 fully saturated rings. The van der Waals surface area contributed by atoms with Crippen molar-refractivity contribution < 1.29 is 4.74 Å². The monoisotopic (exact) mass is 247 g/mol. The summed E-state index contributed by atoms with van der Waals surface area (Å²) in [5.41, 5.74) is 2.72. The number of ether oxygens (including phenoxy) is 1. The van der Waals surface area contributed by atoms with E-state index in [1.165, 1.54) is 17.5 Å². The first-order chi connectivity index (χ1) is 8.76. The van der Waals surface area contributed by atoms with Gasteiger partial charge in [-0.2, -0.15) is 0 Å². The topological polar surface area (TPSA) is 21.3 Å². The summed E-state index contributed by atoms with van der Waals surface area (Å²) in [7, 11) is 0. The molecule has 1 N–H and O–H groups in total. The number of benzene rings is 1. The van der Waals surface area contributed by atoms with Crippen LogP contribution in [-0.4, -0.2) is 19.3 Å². The third kappa shape index (κ3) is 2.93. The molecule has 0 radical (unpaired) electrons. The van der Waals surface area contributed by atoms with Crippen molar-refractivity contribution in [1.29, 1.82) is 0 Å². The van der Waals surface area contributed by atoms with Gasteiger partial charge in [0.05, 0.1) is 6.10 Å². The van der Waals surface area contributed by atoms with E-state index in [1.54, 1.807) is 0 Å². The van der Waals surface area contributed by atoms with Gasteiger partial charge in [0, 0.05) is 18.6 Å². The summed E-state index contributed by atoms with van der Waals surface area (Å²) in [6.45, 7) is 8.46. The molecule has 100 valence electrons. The fourth-order valence-corrected chi connectivity index (χ4v) is 2.98. The molecule has 0 aliphatic carbocycles. The van der Waals surface area contributed by atoms with Crippen molar-refractivity contribution in [2.75, 3.05) is 13.2 Å². The molecular weight excluding hydrogens is 222 g/mol. The second kappa shape index (κ2) is 6.35. The van der Waals surface area contributed by atoms with Crippen LogP contribution >= 0.6 is 0 Å². The Bertz CT molecular complexity index is 360. The van der Waals surface area contributed by atoms with Crippen molar-refractivity contribution in [1.82, 2.24) is 5.32 Å². The van der Waals surface area contributed by atoms with Crippen LogP contribution < -0.4 is 5.32 Å². The van der Waals surface area contributed by atoms with E-state index in [0.717, 1.165) is 19.6 Å². The molecule has 1 heterocycles. The first kappa shape index (κ1) is 13.6. The van der Waals surface area contributed by atoms with Gasteiger partial charge in [-0.05, 0) is 31.9 Å². The highest BCUT2D eigenvalue weighted by atomic mass is 16.5. The predicted octanol–water partition coefficient (Wildman–Crippen LogP) is 3.46. The zero-order chi connectivity index (χ0) is 13.0. The highest BCUT2D eigenvalue weighted by Gasteiger charge is 2.33. The van der Waals surface area contributed by atoms with Gasteiger partial charge in [0.25, 0.3) is 0 Å². The third-order valence-electron chi connectivity index (χ3n) is 3.95. The highest BCUT2D eigenvalue weighted by molar-refractivity contribution is 5.25. The van der Waals surface area contributed by atoms with Gasteiger partial charge in [-0.25, -0.2) is 0 Å². The molecule has 0 saturated carbocycles. The lowest BCUT2D eigenvalue weighted by Crippen LogP contribution is -2.32. The van der Waals surface area contributed by atoms with Crippen LogP contribution in [0.5, 0.6) is 0 Å². The normalized spacial score (nSPS) is 25.3. The van der Waals surface area contributed by atoms with E-state index < -0.39 is 0 Å². The van der Waals surface area contributed by atoms with Gasteiger partial charge in [0.2, 0.25) is 0 Å². The Morgan fingerprint density at radius 3 is 2.61 bits per heavy atom. The zero-order valence-corrected chi connectivity index (χ0v) is 11.8. The van der Waals surface area contributed by atoms with Crippen LogP contribution in [-0.2, 0) is 4.74 Å². The van der Waals surface area contributed by atoms with E-state index in [1.807, 2.05) is 0 Å². The highest BCUT2D eigenvalue weighted by Crippen LogP contribution is 2.34. The van der Waals surface area contributed by atoms with Crippen LogP contribution in [0, 0.1) is 12.8 Å². The molecule has 2 nitrogen and oxygen atoms in total. The maximum atomic E-state index is 5.85. The lowest BCUT2D eigenvalue weighted by Gasteiger charge is -2.28. The summed E-state index contributed by atoms with van der Waals surface area (Å²) in [4.78, 5) is 0. The van der Waals surface area contributed by atoms with E-state index in [0.29, 0.717) is 18.1 Å². The summed E-state index contributed by atoms with van der Waals surface area (Å²) < 4.78 is 5.85. The number of hydrogen-bond acceptors (Lipinski definition) is 2. The van der Waals surface area contributed by atoms with E-state index >= 15 is 0 Å². The van der Waals surface area contributed by atoms with Gasteiger partial charge in [-0.15, -0.1) is 0 Å². The van der Waals surface area contributed by atoms with E-state index in [-0.39, 0.29) is 0 Å². The molecule has 1 saturated heterocycles. The molecule has 18 heavy (non-hydrogen) atoms. The second-order valence-corrected chi connectivity index (χ2v) is 5.22. The van der Waals surface area contributed by atoms with Crippen molar-refractivity contribution in [3.05, 3.63) is 35.4 Å². The Balaban J connectivity index is 2.19.